The fourth-order valence-corrected chi connectivity index (χ4v) is 3.96. The van der Waals surface area contributed by atoms with E-state index in [0.717, 1.165) is 22.5 Å². The lowest BCUT2D eigenvalue weighted by Gasteiger charge is -2.14. The van der Waals surface area contributed by atoms with Crippen molar-refractivity contribution >= 4 is 23.6 Å². The number of benzene rings is 2. The molecule has 3 aromatic rings. The van der Waals surface area contributed by atoms with E-state index in [1.54, 1.807) is 4.90 Å². The first kappa shape index (κ1) is 18.3. The van der Waals surface area contributed by atoms with E-state index in [9.17, 15) is 9.59 Å². The molecule has 1 aliphatic heterocycles. The third-order valence-electron chi connectivity index (χ3n) is 4.49. The van der Waals surface area contributed by atoms with Crippen LogP contribution in [0.25, 0.3) is 16.9 Å². The molecule has 1 aliphatic rings. The van der Waals surface area contributed by atoms with Crippen LogP contribution in [-0.2, 0) is 16.1 Å². The predicted octanol–water partition coefficient (Wildman–Crippen LogP) is 2.69. The normalized spacial score (nSPS) is 13.7. The lowest BCUT2D eigenvalue weighted by atomic mass is 10.1. The van der Waals surface area contributed by atoms with Gasteiger partial charge in [-0.05, 0) is 12.1 Å². The third kappa shape index (κ3) is 4.09. The summed E-state index contributed by atoms with van der Waals surface area (Å²) < 4.78 is 1.82. The molecule has 28 heavy (non-hydrogen) atoms. The van der Waals surface area contributed by atoms with E-state index in [1.165, 1.54) is 11.8 Å². The molecule has 0 radical (unpaired) electrons. The topological polar surface area (TPSA) is 67.2 Å². The van der Waals surface area contributed by atoms with Gasteiger partial charge in [0, 0.05) is 23.9 Å². The van der Waals surface area contributed by atoms with Gasteiger partial charge in [-0.2, -0.15) is 5.10 Å². The molecule has 7 heteroatoms. The second-order valence-corrected chi connectivity index (χ2v) is 7.45. The van der Waals surface area contributed by atoms with Gasteiger partial charge in [0.05, 0.1) is 23.0 Å². The van der Waals surface area contributed by atoms with Gasteiger partial charge in [0.15, 0.2) is 0 Å². The first-order valence-electron chi connectivity index (χ1n) is 9.02. The number of nitrogens with zero attached hydrogens (tertiary/aromatic N) is 3. The van der Waals surface area contributed by atoms with Crippen molar-refractivity contribution < 1.29 is 9.59 Å². The van der Waals surface area contributed by atoms with Crippen molar-refractivity contribution in [2.24, 2.45) is 0 Å². The SMILES string of the molecule is O=C(CN1CSCC1=O)NCc1cn(-c2ccccc2)nc1-c1ccccc1. The minimum Gasteiger partial charge on any atom is -0.350 e. The average molecular weight is 392 g/mol. The summed E-state index contributed by atoms with van der Waals surface area (Å²) in [6, 6.07) is 19.8. The molecule has 2 heterocycles. The number of para-hydroxylation sites is 1. The van der Waals surface area contributed by atoms with Crippen LogP contribution in [0.3, 0.4) is 0 Å². The molecule has 1 aromatic heterocycles. The summed E-state index contributed by atoms with van der Waals surface area (Å²) in [6.45, 7) is 0.449. The Morgan fingerprint density at radius 2 is 1.79 bits per heavy atom. The Morgan fingerprint density at radius 3 is 2.46 bits per heavy atom. The number of amides is 2. The molecule has 1 fully saturated rings. The molecule has 1 saturated heterocycles. The Morgan fingerprint density at radius 1 is 1.07 bits per heavy atom. The maximum Gasteiger partial charge on any atom is 0.239 e. The molecule has 0 saturated carbocycles. The molecule has 142 valence electrons. The molecule has 2 aromatic carbocycles. The highest BCUT2D eigenvalue weighted by atomic mass is 32.2. The number of aromatic nitrogens is 2. The maximum atomic E-state index is 12.3. The quantitative estimate of drug-likeness (QED) is 0.700. The summed E-state index contributed by atoms with van der Waals surface area (Å²) in [7, 11) is 0. The Balaban J connectivity index is 1.54. The minimum atomic E-state index is -0.165. The van der Waals surface area contributed by atoms with Gasteiger partial charge in [-0.15, -0.1) is 11.8 Å². The zero-order valence-electron chi connectivity index (χ0n) is 15.2. The lowest BCUT2D eigenvalue weighted by molar-refractivity contribution is -0.132. The summed E-state index contributed by atoms with van der Waals surface area (Å²) >= 11 is 1.53. The van der Waals surface area contributed by atoms with E-state index in [-0.39, 0.29) is 18.4 Å². The van der Waals surface area contributed by atoms with Gasteiger partial charge < -0.3 is 10.2 Å². The van der Waals surface area contributed by atoms with E-state index in [2.05, 4.69) is 5.32 Å². The maximum absolute atomic E-state index is 12.3. The second-order valence-electron chi connectivity index (χ2n) is 6.50. The average Bonchev–Trinajstić information content (AvgIpc) is 3.34. The van der Waals surface area contributed by atoms with Crippen molar-refractivity contribution in [2.75, 3.05) is 18.2 Å². The van der Waals surface area contributed by atoms with Crippen LogP contribution in [0, 0.1) is 0 Å². The number of nitrogens with one attached hydrogen (secondary N) is 1. The van der Waals surface area contributed by atoms with Crippen LogP contribution in [0.15, 0.2) is 66.9 Å². The fourth-order valence-electron chi connectivity index (χ4n) is 3.05. The highest BCUT2D eigenvalue weighted by Gasteiger charge is 2.23. The third-order valence-corrected chi connectivity index (χ3v) is 5.44. The molecule has 0 aliphatic carbocycles. The summed E-state index contributed by atoms with van der Waals surface area (Å²) in [6.07, 6.45) is 1.94. The van der Waals surface area contributed by atoms with Gasteiger partial charge in [-0.25, -0.2) is 4.68 Å². The van der Waals surface area contributed by atoms with Crippen LogP contribution >= 0.6 is 11.8 Å². The lowest BCUT2D eigenvalue weighted by Crippen LogP contribution is -2.37. The largest absolute Gasteiger partial charge is 0.350 e. The molecule has 0 atom stereocenters. The van der Waals surface area contributed by atoms with Gasteiger partial charge in [0.25, 0.3) is 0 Å². The number of rotatable bonds is 6. The van der Waals surface area contributed by atoms with Crippen molar-refractivity contribution in [3.8, 4) is 16.9 Å². The van der Waals surface area contributed by atoms with Gasteiger partial charge in [-0.3, -0.25) is 9.59 Å². The van der Waals surface area contributed by atoms with Crippen LogP contribution < -0.4 is 5.32 Å². The van der Waals surface area contributed by atoms with Crippen LogP contribution in [-0.4, -0.2) is 44.7 Å². The van der Waals surface area contributed by atoms with Crippen molar-refractivity contribution in [2.45, 2.75) is 6.54 Å². The van der Waals surface area contributed by atoms with E-state index in [1.807, 2.05) is 71.5 Å². The molecule has 1 N–H and O–H groups in total. The molecule has 6 nitrogen and oxygen atoms in total. The predicted molar refractivity (Wildman–Crippen MR) is 110 cm³/mol. The Labute approximate surface area is 167 Å². The Hall–Kier alpha value is -3.06. The van der Waals surface area contributed by atoms with Crippen LogP contribution in [0.1, 0.15) is 5.56 Å². The van der Waals surface area contributed by atoms with Crippen molar-refractivity contribution in [3.05, 3.63) is 72.4 Å². The van der Waals surface area contributed by atoms with E-state index >= 15 is 0 Å². The zero-order chi connectivity index (χ0) is 19.3. The van der Waals surface area contributed by atoms with Gasteiger partial charge in [-0.1, -0.05) is 48.5 Å². The van der Waals surface area contributed by atoms with Crippen molar-refractivity contribution in [3.63, 3.8) is 0 Å². The number of thioether (sulfide) groups is 1. The number of hydrogen-bond donors (Lipinski definition) is 1. The van der Waals surface area contributed by atoms with E-state index < -0.39 is 0 Å². The van der Waals surface area contributed by atoms with Crippen molar-refractivity contribution in [1.82, 2.24) is 20.0 Å². The summed E-state index contributed by atoms with van der Waals surface area (Å²) in [4.78, 5) is 25.6. The first-order chi connectivity index (χ1) is 13.7. The monoisotopic (exact) mass is 392 g/mol. The van der Waals surface area contributed by atoms with Crippen molar-refractivity contribution in [1.29, 1.82) is 0 Å². The molecule has 0 spiro atoms. The van der Waals surface area contributed by atoms with E-state index in [0.29, 0.717) is 18.2 Å². The first-order valence-corrected chi connectivity index (χ1v) is 10.2. The number of hydrogen-bond acceptors (Lipinski definition) is 4. The Bertz CT molecular complexity index is 973. The highest BCUT2D eigenvalue weighted by Crippen LogP contribution is 2.23. The summed E-state index contributed by atoms with van der Waals surface area (Å²) in [5, 5.41) is 7.67. The summed E-state index contributed by atoms with van der Waals surface area (Å²) in [5.41, 5.74) is 3.70. The molecular formula is C21H20N4O2S. The standard InChI is InChI=1S/C21H20N4O2S/c26-19(13-24-15-28-14-20(24)27)22-11-17-12-25(18-9-5-2-6-10-18)23-21(17)16-7-3-1-4-8-16/h1-10,12H,11,13-15H2,(H,22,26). The van der Waals surface area contributed by atoms with Gasteiger partial charge in [0.1, 0.15) is 6.54 Å². The minimum absolute atomic E-state index is 0.0158. The smallest absolute Gasteiger partial charge is 0.239 e. The highest BCUT2D eigenvalue weighted by molar-refractivity contribution is 8.00. The van der Waals surface area contributed by atoms with Crippen LogP contribution in [0.4, 0.5) is 0 Å². The molecular weight excluding hydrogens is 372 g/mol. The Kier molecular flexibility index (Phi) is 5.43. The van der Waals surface area contributed by atoms with Crippen LogP contribution in [0.2, 0.25) is 0 Å². The zero-order valence-corrected chi connectivity index (χ0v) is 16.1. The van der Waals surface area contributed by atoms with Gasteiger partial charge >= 0.3 is 0 Å². The number of carbonyl (C=O) groups excluding carboxylic acids is 2. The van der Waals surface area contributed by atoms with Crippen LogP contribution in [0.5, 0.6) is 0 Å². The van der Waals surface area contributed by atoms with Gasteiger partial charge in [0.2, 0.25) is 11.8 Å². The molecule has 0 unspecified atom stereocenters. The second kappa shape index (κ2) is 8.31. The molecule has 4 rings (SSSR count). The van der Waals surface area contributed by atoms with E-state index in [4.69, 9.17) is 5.10 Å². The molecule has 2 amide bonds. The fraction of sp³-hybridized carbons (Fsp3) is 0.190. The number of carbonyl (C=O) groups is 2. The summed E-state index contributed by atoms with van der Waals surface area (Å²) in [5.74, 6) is 0.882. The molecule has 0 bridgehead atoms.